The van der Waals surface area contributed by atoms with Crippen LogP contribution in [0, 0.1) is 17.8 Å². The highest BCUT2D eigenvalue weighted by molar-refractivity contribution is 5.83. The van der Waals surface area contributed by atoms with E-state index in [2.05, 4.69) is 19.2 Å². The zero-order valence-corrected chi connectivity index (χ0v) is 14.7. The predicted octanol–water partition coefficient (Wildman–Crippen LogP) is 3.69. The molecule has 4 nitrogen and oxygen atoms in total. The summed E-state index contributed by atoms with van der Waals surface area (Å²) in [4.78, 5) is 23.5. The first-order chi connectivity index (χ1) is 10.4. The first-order valence-corrected chi connectivity index (χ1v) is 8.85. The van der Waals surface area contributed by atoms with Gasteiger partial charge in [-0.1, -0.05) is 33.1 Å². The number of nitrogens with one attached hydrogen (secondary N) is 1. The summed E-state index contributed by atoms with van der Waals surface area (Å²) in [7, 11) is 0. The van der Waals surface area contributed by atoms with Gasteiger partial charge in [0.1, 0.15) is 6.54 Å². The van der Waals surface area contributed by atoms with Crippen molar-refractivity contribution in [2.75, 3.05) is 6.54 Å². The molecule has 0 spiro atoms. The summed E-state index contributed by atoms with van der Waals surface area (Å²) in [5, 5.41) is 2.72. The monoisotopic (exact) mass is 311 g/mol. The summed E-state index contributed by atoms with van der Waals surface area (Å²) >= 11 is 0. The SMILES string of the molecule is CC(C)CCCC1CCC(C(=O)NCC(=O)OC(C)C)CC1. The number of hydrogen-bond acceptors (Lipinski definition) is 3. The maximum atomic E-state index is 12.1. The molecule has 1 amide bonds. The number of carbonyl (C=O) groups is 2. The van der Waals surface area contributed by atoms with Crippen molar-refractivity contribution >= 4 is 11.9 Å². The third-order valence-electron chi connectivity index (χ3n) is 4.39. The fourth-order valence-electron chi connectivity index (χ4n) is 3.14. The Balaban J connectivity index is 2.18. The Bertz CT molecular complexity index is 344. The molecule has 0 bridgehead atoms. The second-order valence-corrected chi connectivity index (χ2v) is 7.30. The van der Waals surface area contributed by atoms with Crippen molar-refractivity contribution in [1.29, 1.82) is 0 Å². The van der Waals surface area contributed by atoms with Gasteiger partial charge >= 0.3 is 5.97 Å². The molecule has 1 fully saturated rings. The fourth-order valence-corrected chi connectivity index (χ4v) is 3.14. The highest BCUT2D eigenvalue weighted by Gasteiger charge is 2.26. The van der Waals surface area contributed by atoms with Crippen LogP contribution in [-0.4, -0.2) is 24.5 Å². The average molecular weight is 311 g/mol. The van der Waals surface area contributed by atoms with E-state index in [1.807, 2.05) is 0 Å². The van der Waals surface area contributed by atoms with Gasteiger partial charge < -0.3 is 10.1 Å². The summed E-state index contributed by atoms with van der Waals surface area (Å²) in [6.45, 7) is 8.14. The van der Waals surface area contributed by atoms with Crippen LogP contribution in [0.15, 0.2) is 0 Å². The Kier molecular flexibility index (Phi) is 8.51. The quantitative estimate of drug-likeness (QED) is 0.696. The molecule has 0 heterocycles. The van der Waals surface area contributed by atoms with Crippen molar-refractivity contribution in [3.63, 3.8) is 0 Å². The molecule has 1 N–H and O–H groups in total. The number of amides is 1. The summed E-state index contributed by atoms with van der Waals surface area (Å²) in [6.07, 6.45) is 7.98. The van der Waals surface area contributed by atoms with Crippen molar-refractivity contribution in [2.45, 2.75) is 78.7 Å². The van der Waals surface area contributed by atoms with E-state index >= 15 is 0 Å². The van der Waals surface area contributed by atoms with Crippen LogP contribution >= 0.6 is 0 Å². The van der Waals surface area contributed by atoms with Crippen LogP contribution in [0.2, 0.25) is 0 Å². The molecule has 0 aliphatic heterocycles. The highest BCUT2D eigenvalue weighted by Crippen LogP contribution is 2.32. The average Bonchev–Trinajstić information content (AvgIpc) is 2.44. The minimum Gasteiger partial charge on any atom is -0.462 e. The molecule has 1 aliphatic rings. The number of hydrogen-bond donors (Lipinski definition) is 1. The van der Waals surface area contributed by atoms with E-state index in [9.17, 15) is 9.59 Å². The van der Waals surface area contributed by atoms with Crippen molar-refractivity contribution in [3.05, 3.63) is 0 Å². The molecule has 22 heavy (non-hydrogen) atoms. The zero-order valence-electron chi connectivity index (χ0n) is 14.7. The molecule has 0 aromatic heterocycles. The third-order valence-corrected chi connectivity index (χ3v) is 4.39. The standard InChI is InChI=1S/C18H33NO3/c1-13(2)6-5-7-15-8-10-16(11-9-15)18(21)19-12-17(20)22-14(3)4/h13-16H,5-12H2,1-4H3,(H,19,21). The molecule has 128 valence electrons. The predicted molar refractivity (Wildman–Crippen MR) is 88.4 cm³/mol. The van der Waals surface area contributed by atoms with E-state index in [1.54, 1.807) is 13.8 Å². The number of esters is 1. The van der Waals surface area contributed by atoms with Crippen LogP contribution in [0.25, 0.3) is 0 Å². The zero-order chi connectivity index (χ0) is 16.5. The lowest BCUT2D eigenvalue weighted by atomic mass is 9.79. The molecule has 0 unspecified atom stereocenters. The largest absolute Gasteiger partial charge is 0.462 e. The van der Waals surface area contributed by atoms with E-state index in [0.717, 1.165) is 37.5 Å². The maximum Gasteiger partial charge on any atom is 0.325 e. The van der Waals surface area contributed by atoms with E-state index in [1.165, 1.54) is 19.3 Å². The fraction of sp³-hybridized carbons (Fsp3) is 0.889. The molecule has 4 heteroatoms. The van der Waals surface area contributed by atoms with E-state index in [0.29, 0.717) is 0 Å². The van der Waals surface area contributed by atoms with Crippen LogP contribution in [0.5, 0.6) is 0 Å². The smallest absolute Gasteiger partial charge is 0.325 e. The Morgan fingerprint density at radius 3 is 2.27 bits per heavy atom. The maximum absolute atomic E-state index is 12.1. The molecule has 0 aromatic rings. The second kappa shape index (κ2) is 9.86. The molecular formula is C18H33NO3. The molecular weight excluding hydrogens is 278 g/mol. The molecule has 1 rings (SSSR count). The lowest BCUT2D eigenvalue weighted by molar-refractivity contribution is -0.147. The summed E-state index contributed by atoms with van der Waals surface area (Å²) in [5.74, 6) is 1.31. The van der Waals surface area contributed by atoms with E-state index in [-0.39, 0.29) is 30.4 Å². The molecule has 0 radical (unpaired) electrons. The number of carbonyl (C=O) groups excluding carboxylic acids is 2. The van der Waals surface area contributed by atoms with Gasteiger partial charge in [-0.2, -0.15) is 0 Å². The van der Waals surface area contributed by atoms with Crippen LogP contribution in [0.3, 0.4) is 0 Å². The topological polar surface area (TPSA) is 55.4 Å². The third kappa shape index (κ3) is 7.81. The van der Waals surface area contributed by atoms with Gasteiger partial charge in [-0.3, -0.25) is 9.59 Å². The minimum absolute atomic E-state index is 0.00860. The summed E-state index contributed by atoms with van der Waals surface area (Å²) < 4.78 is 5.01. The van der Waals surface area contributed by atoms with Crippen LogP contribution < -0.4 is 5.32 Å². The molecule has 0 aromatic carbocycles. The first kappa shape index (κ1) is 19.0. The van der Waals surface area contributed by atoms with Gasteiger partial charge in [-0.15, -0.1) is 0 Å². The number of rotatable bonds is 8. The molecule has 0 atom stereocenters. The van der Waals surface area contributed by atoms with Crippen molar-refractivity contribution in [3.8, 4) is 0 Å². The Morgan fingerprint density at radius 2 is 1.73 bits per heavy atom. The van der Waals surface area contributed by atoms with Crippen molar-refractivity contribution in [1.82, 2.24) is 5.32 Å². The normalized spacial score (nSPS) is 21.9. The van der Waals surface area contributed by atoms with E-state index in [4.69, 9.17) is 4.74 Å². The number of ether oxygens (including phenoxy) is 1. The Morgan fingerprint density at radius 1 is 1.09 bits per heavy atom. The molecule has 0 saturated heterocycles. The first-order valence-electron chi connectivity index (χ1n) is 8.85. The van der Waals surface area contributed by atoms with Gasteiger partial charge in [0.05, 0.1) is 6.10 Å². The van der Waals surface area contributed by atoms with Gasteiger partial charge in [-0.25, -0.2) is 0 Å². The van der Waals surface area contributed by atoms with E-state index < -0.39 is 0 Å². The van der Waals surface area contributed by atoms with Crippen molar-refractivity contribution in [2.24, 2.45) is 17.8 Å². The minimum atomic E-state index is -0.356. The lowest BCUT2D eigenvalue weighted by Crippen LogP contribution is -2.37. The lowest BCUT2D eigenvalue weighted by Gasteiger charge is -2.27. The second-order valence-electron chi connectivity index (χ2n) is 7.30. The van der Waals surface area contributed by atoms with Gasteiger partial charge in [-0.05, 0) is 51.4 Å². The Hall–Kier alpha value is -1.06. The van der Waals surface area contributed by atoms with Crippen LogP contribution in [-0.2, 0) is 14.3 Å². The van der Waals surface area contributed by atoms with Gasteiger partial charge in [0.2, 0.25) is 5.91 Å². The van der Waals surface area contributed by atoms with Gasteiger partial charge in [0.15, 0.2) is 0 Å². The van der Waals surface area contributed by atoms with Crippen molar-refractivity contribution < 1.29 is 14.3 Å². The van der Waals surface area contributed by atoms with Crippen LogP contribution in [0.4, 0.5) is 0 Å². The molecule has 1 aliphatic carbocycles. The van der Waals surface area contributed by atoms with Gasteiger partial charge in [0.25, 0.3) is 0 Å². The van der Waals surface area contributed by atoms with Gasteiger partial charge in [0, 0.05) is 5.92 Å². The highest BCUT2D eigenvalue weighted by atomic mass is 16.5. The Labute approximate surface area is 135 Å². The summed E-state index contributed by atoms with van der Waals surface area (Å²) in [5.41, 5.74) is 0. The summed E-state index contributed by atoms with van der Waals surface area (Å²) in [6, 6.07) is 0. The molecule has 1 saturated carbocycles. The van der Waals surface area contributed by atoms with Crippen LogP contribution in [0.1, 0.15) is 72.6 Å².